The Kier molecular flexibility index (Phi) is 2.91. The molecule has 1 heterocycles. The second kappa shape index (κ2) is 4.52. The van der Waals surface area contributed by atoms with Crippen molar-refractivity contribution in [1.82, 2.24) is 14.8 Å². The third-order valence-corrected chi connectivity index (χ3v) is 2.15. The van der Waals surface area contributed by atoms with Gasteiger partial charge in [-0.15, -0.1) is 0 Å². The van der Waals surface area contributed by atoms with Crippen molar-refractivity contribution in [2.45, 2.75) is 6.54 Å². The molecule has 0 N–H and O–H groups in total. The Bertz CT molecular complexity index is 550. The molecule has 0 spiro atoms. The normalized spacial score (nSPS) is 10.1. The molecule has 0 radical (unpaired) electrons. The van der Waals surface area contributed by atoms with Gasteiger partial charge in [0, 0.05) is 17.7 Å². The summed E-state index contributed by atoms with van der Waals surface area (Å²) in [7, 11) is 0. The number of carbonyl (C=O) groups is 1. The molecule has 2 rings (SSSR count). The van der Waals surface area contributed by atoms with Gasteiger partial charge in [-0.2, -0.15) is 5.10 Å². The minimum absolute atomic E-state index is 0.0150. The number of nitrogens with zero attached hydrogens (tertiary/aromatic N) is 4. The summed E-state index contributed by atoms with van der Waals surface area (Å²) in [6, 6.07) is 5.60. The van der Waals surface area contributed by atoms with E-state index in [1.54, 1.807) is 0 Å². The van der Waals surface area contributed by atoms with Crippen molar-refractivity contribution in [3.8, 4) is 0 Å². The Morgan fingerprint density at radius 1 is 1.47 bits per heavy atom. The first-order valence-corrected chi connectivity index (χ1v) is 4.77. The van der Waals surface area contributed by atoms with Gasteiger partial charge < -0.3 is 0 Å². The molecule has 0 atom stereocenters. The van der Waals surface area contributed by atoms with Gasteiger partial charge in [0.05, 0.1) is 4.92 Å². The van der Waals surface area contributed by atoms with Gasteiger partial charge in [0.1, 0.15) is 19.2 Å². The number of hydrogen-bond donors (Lipinski definition) is 0. The van der Waals surface area contributed by atoms with Gasteiger partial charge >= 0.3 is 0 Å². The van der Waals surface area contributed by atoms with Crippen molar-refractivity contribution in [2.75, 3.05) is 0 Å². The lowest BCUT2D eigenvalue weighted by Gasteiger charge is -2.00. The summed E-state index contributed by atoms with van der Waals surface area (Å²) in [5.41, 5.74) is 0.184. The third-order valence-electron chi connectivity index (χ3n) is 2.15. The largest absolute Gasteiger partial charge is 0.292 e. The lowest BCUT2D eigenvalue weighted by Crippen LogP contribution is -2.11. The number of nitro benzene ring substituents is 1. The lowest BCUT2D eigenvalue weighted by molar-refractivity contribution is -0.384. The summed E-state index contributed by atoms with van der Waals surface area (Å²) in [4.78, 5) is 25.5. The maximum atomic E-state index is 11.8. The molecule has 1 aromatic heterocycles. The highest BCUT2D eigenvalue weighted by Crippen LogP contribution is 2.13. The first-order valence-electron chi connectivity index (χ1n) is 4.77. The number of benzene rings is 1. The number of Topliss-reactive ketones (excluding diaryl/α,β-unsaturated/α-hetero) is 1. The highest BCUT2D eigenvalue weighted by molar-refractivity contribution is 5.96. The molecule has 0 bridgehead atoms. The van der Waals surface area contributed by atoms with Crippen LogP contribution < -0.4 is 0 Å². The molecule has 0 unspecified atom stereocenters. The van der Waals surface area contributed by atoms with E-state index in [4.69, 9.17) is 0 Å². The van der Waals surface area contributed by atoms with Crippen LogP contribution in [0.15, 0.2) is 36.9 Å². The van der Waals surface area contributed by atoms with Crippen LogP contribution in [-0.2, 0) is 6.54 Å². The maximum Gasteiger partial charge on any atom is 0.270 e. The Balaban J connectivity index is 2.19. The van der Waals surface area contributed by atoms with Crippen LogP contribution in [0.1, 0.15) is 10.4 Å². The predicted octanol–water partition coefficient (Wildman–Crippen LogP) is 1.07. The van der Waals surface area contributed by atoms with Crippen LogP contribution in [0.2, 0.25) is 0 Å². The second-order valence-electron chi connectivity index (χ2n) is 3.32. The highest BCUT2D eigenvalue weighted by Gasteiger charge is 2.11. The Hall–Kier alpha value is -2.57. The van der Waals surface area contributed by atoms with E-state index in [0.29, 0.717) is 0 Å². The number of nitro groups is 1. The first kappa shape index (κ1) is 10.9. The van der Waals surface area contributed by atoms with Crippen molar-refractivity contribution >= 4 is 11.5 Å². The molecule has 0 saturated heterocycles. The SMILES string of the molecule is O=C(Cn1cncn1)c1cccc([N+](=O)[O-])c1. The number of rotatable bonds is 4. The molecule has 2 aromatic rings. The first-order chi connectivity index (χ1) is 8.16. The van der Waals surface area contributed by atoms with E-state index in [9.17, 15) is 14.9 Å². The fourth-order valence-corrected chi connectivity index (χ4v) is 1.35. The van der Waals surface area contributed by atoms with Crippen LogP contribution >= 0.6 is 0 Å². The van der Waals surface area contributed by atoms with Gasteiger partial charge in [-0.25, -0.2) is 9.67 Å². The van der Waals surface area contributed by atoms with Crippen molar-refractivity contribution in [3.63, 3.8) is 0 Å². The summed E-state index contributed by atoms with van der Waals surface area (Å²) >= 11 is 0. The molecule has 1 aromatic carbocycles. The highest BCUT2D eigenvalue weighted by atomic mass is 16.6. The molecule has 7 heteroatoms. The topological polar surface area (TPSA) is 90.9 Å². The smallest absolute Gasteiger partial charge is 0.270 e. The van der Waals surface area contributed by atoms with Crippen molar-refractivity contribution in [1.29, 1.82) is 0 Å². The zero-order valence-electron chi connectivity index (χ0n) is 8.68. The minimum atomic E-state index is -0.535. The van der Waals surface area contributed by atoms with Gasteiger partial charge in [-0.05, 0) is 0 Å². The van der Waals surface area contributed by atoms with E-state index in [1.807, 2.05) is 0 Å². The minimum Gasteiger partial charge on any atom is -0.292 e. The average Bonchev–Trinajstić information content (AvgIpc) is 2.82. The van der Waals surface area contributed by atoms with E-state index in [2.05, 4.69) is 10.1 Å². The number of carbonyl (C=O) groups excluding carboxylic acids is 1. The summed E-state index contributed by atoms with van der Waals surface area (Å²) in [6.07, 6.45) is 2.73. The fraction of sp³-hybridized carbons (Fsp3) is 0.100. The molecule has 0 aliphatic rings. The molecule has 0 saturated carbocycles. The zero-order valence-corrected chi connectivity index (χ0v) is 8.68. The van der Waals surface area contributed by atoms with Crippen LogP contribution in [0.3, 0.4) is 0 Å². The summed E-state index contributed by atoms with van der Waals surface area (Å²) < 4.78 is 1.36. The standard InChI is InChI=1S/C10H8N4O3/c15-10(5-13-7-11-6-12-13)8-2-1-3-9(4-8)14(16)17/h1-4,6-7H,5H2. The van der Waals surface area contributed by atoms with E-state index in [-0.39, 0.29) is 23.6 Å². The predicted molar refractivity (Wildman–Crippen MR) is 57.4 cm³/mol. The lowest BCUT2D eigenvalue weighted by atomic mass is 10.1. The number of hydrogen-bond acceptors (Lipinski definition) is 5. The summed E-state index contributed by atoms with van der Waals surface area (Å²) in [6.45, 7) is 0.0150. The van der Waals surface area contributed by atoms with Crippen LogP contribution in [0.25, 0.3) is 0 Å². The van der Waals surface area contributed by atoms with Crippen LogP contribution in [-0.4, -0.2) is 25.5 Å². The van der Waals surface area contributed by atoms with Gasteiger partial charge in [-0.3, -0.25) is 14.9 Å². The van der Waals surface area contributed by atoms with E-state index in [1.165, 1.54) is 41.6 Å². The molecule has 0 aliphatic heterocycles. The van der Waals surface area contributed by atoms with Crippen LogP contribution in [0.5, 0.6) is 0 Å². The Morgan fingerprint density at radius 2 is 2.29 bits per heavy atom. The van der Waals surface area contributed by atoms with Crippen molar-refractivity contribution in [2.24, 2.45) is 0 Å². The number of non-ortho nitro benzene ring substituents is 1. The fourth-order valence-electron chi connectivity index (χ4n) is 1.35. The molecular formula is C10H8N4O3. The molecule has 0 amide bonds. The van der Waals surface area contributed by atoms with Crippen molar-refractivity contribution in [3.05, 3.63) is 52.6 Å². The van der Waals surface area contributed by atoms with E-state index in [0.717, 1.165) is 0 Å². The maximum absolute atomic E-state index is 11.8. The van der Waals surface area contributed by atoms with E-state index < -0.39 is 4.92 Å². The van der Waals surface area contributed by atoms with Gasteiger partial charge in [0.15, 0.2) is 5.78 Å². The Morgan fingerprint density at radius 3 is 2.94 bits per heavy atom. The zero-order chi connectivity index (χ0) is 12.3. The van der Waals surface area contributed by atoms with Gasteiger partial charge in [0.25, 0.3) is 5.69 Å². The van der Waals surface area contributed by atoms with Gasteiger partial charge in [-0.1, -0.05) is 12.1 Å². The molecule has 7 nitrogen and oxygen atoms in total. The molecular weight excluding hydrogens is 224 g/mol. The number of aromatic nitrogens is 3. The second-order valence-corrected chi connectivity index (χ2v) is 3.32. The van der Waals surface area contributed by atoms with Gasteiger partial charge in [0.2, 0.25) is 0 Å². The molecule has 17 heavy (non-hydrogen) atoms. The van der Waals surface area contributed by atoms with Crippen LogP contribution in [0.4, 0.5) is 5.69 Å². The van der Waals surface area contributed by atoms with Crippen LogP contribution in [0, 0.1) is 10.1 Å². The Labute approximate surface area is 95.9 Å². The molecule has 0 aliphatic carbocycles. The molecule has 86 valence electrons. The monoisotopic (exact) mass is 232 g/mol. The molecule has 0 fully saturated rings. The average molecular weight is 232 g/mol. The summed E-state index contributed by atoms with van der Waals surface area (Å²) in [5.74, 6) is -0.251. The number of ketones is 1. The summed E-state index contributed by atoms with van der Waals surface area (Å²) in [5, 5.41) is 14.3. The van der Waals surface area contributed by atoms with E-state index >= 15 is 0 Å². The third kappa shape index (κ3) is 2.51. The van der Waals surface area contributed by atoms with Crippen molar-refractivity contribution < 1.29 is 9.72 Å². The quantitative estimate of drug-likeness (QED) is 0.446.